The fourth-order valence-corrected chi connectivity index (χ4v) is 3.17. The third-order valence-corrected chi connectivity index (χ3v) is 4.46. The standard InChI is InChI=1S/C22H19FN2O4/c23-21-18(13-20(26)27)11-12-19(25(28)29)22(21)24(14-16-7-3-1-4-8-16)15-17-9-5-2-6-10-17/h1-12H,13-15H2,(H,26,27). The molecule has 0 saturated heterocycles. The van der Waals surface area contributed by atoms with Crippen molar-refractivity contribution in [1.82, 2.24) is 0 Å². The first-order valence-electron chi connectivity index (χ1n) is 8.96. The Bertz CT molecular complexity index is 969. The lowest BCUT2D eigenvalue weighted by molar-refractivity contribution is -0.384. The summed E-state index contributed by atoms with van der Waals surface area (Å²) < 4.78 is 15.3. The van der Waals surface area contributed by atoms with Crippen LogP contribution in [0.3, 0.4) is 0 Å². The maximum Gasteiger partial charge on any atom is 0.307 e. The first kappa shape index (κ1) is 20.0. The first-order chi connectivity index (χ1) is 14.0. The molecule has 0 amide bonds. The van der Waals surface area contributed by atoms with Gasteiger partial charge in [-0.05, 0) is 17.2 Å². The zero-order chi connectivity index (χ0) is 20.8. The molecule has 7 heteroatoms. The summed E-state index contributed by atoms with van der Waals surface area (Å²) >= 11 is 0. The summed E-state index contributed by atoms with van der Waals surface area (Å²) in [6, 6.07) is 20.8. The van der Waals surface area contributed by atoms with Gasteiger partial charge in [0.1, 0.15) is 0 Å². The number of carboxylic acids is 1. The highest BCUT2D eigenvalue weighted by molar-refractivity contribution is 5.73. The van der Waals surface area contributed by atoms with Gasteiger partial charge in [0.05, 0.1) is 11.3 Å². The number of nitro groups is 1. The minimum absolute atomic E-state index is 0.0933. The van der Waals surface area contributed by atoms with E-state index in [0.717, 1.165) is 17.2 Å². The van der Waals surface area contributed by atoms with Crippen molar-refractivity contribution in [2.45, 2.75) is 19.5 Å². The van der Waals surface area contributed by atoms with Crippen LogP contribution in [0.5, 0.6) is 0 Å². The summed E-state index contributed by atoms with van der Waals surface area (Å²) in [6.45, 7) is 0.452. The van der Waals surface area contributed by atoms with Gasteiger partial charge in [-0.3, -0.25) is 14.9 Å². The summed E-state index contributed by atoms with van der Waals surface area (Å²) in [7, 11) is 0. The molecule has 6 nitrogen and oxygen atoms in total. The van der Waals surface area contributed by atoms with E-state index in [1.807, 2.05) is 60.7 Å². The number of benzene rings is 3. The van der Waals surface area contributed by atoms with Crippen LogP contribution < -0.4 is 4.90 Å². The SMILES string of the molecule is O=C(O)Cc1ccc([N+](=O)[O-])c(N(Cc2ccccc2)Cc2ccccc2)c1F. The molecule has 0 unspecified atom stereocenters. The topological polar surface area (TPSA) is 83.7 Å². The lowest BCUT2D eigenvalue weighted by Crippen LogP contribution is -2.25. The van der Waals surface area contributed by atoms with E-state index in [4.69, 9.17) is 5.11 Å². The normalized spacial score (nSPS) is 10.5. The molecule has 0 aromatic heterocycles. The Balaban J connectivity index is 2.11. The molecule has 0 atom stereocenters. The van der Waals surface area contributed by atoms with Crippen molar-refractivity contribution in [3.8, 4) is 0 Å². The van der Waals surface area contributed by atoms with E-state index in [1.165, 1.54) is 6.07 Å². The van der Waals surface area contributed by atoms with Crippen LogP contribution in [-0.2, 0) is 24.3 Å². The van der Waals surface area contributed by atoms with Gasteiger partial charge in [-0.2, -0.15) is 0 Å². The van der Waals surface area contributed by atoms with E-state index < -0.39 is 28.8 Å². The van der Waals surface area contributed by atoms with E-state index in [9.17, 15) is 14.9 Å². The van der Waals surface area contributed by atoms with Gasteiger partial charge in [0.25, 0.3) is 5.69 Å². The number of rotatable bonds is 8. The molecule has 0 spiro atoms. The number of carbonyl (C=O) groups is 1. The van der Waals surface area contributed by atoms with E-state index in [1.54, 1.807) is 4.90 Å². The molecule has 1 N–H and O–H groups in total. The van der Waals surface area contributed by atoms with Crippen LogP contribution >= 0.6 is 0 Å². The van der Waals surface area contributed by atoms with Crippen LogP contribution in [0, 0.1) is 15.9 Å². The highest BCUT2D eigenvalue weighted by Gasteiger charge is 2.27. The largest absolute Gasteiger partial charge is 0.481 e. The summed E-state index contributed by atoms with van der Waals surface area (Å²) in [5.74, 6) is -2.09. The fourth-order valence-electron chi connectivity index (χ4n) is 3.17. The van der Waals surface area contributed by atoms with Crippen LogP contribution in [0.4, 0.5) is 15.8 Å². The second-order valence-corrected chi connectivity index (χ2v) is 6.56. The van der Waals surface area contributed by atoms with Gasteiger partial charge < -0.3 is 10.0 Å². The lowest BCUT2D eigenvalue weighted by atomic mass is 10.1. The monoisotopic (exact) mass is 394 g/mol. The third-order valence-electron chi connectivity index (χ3n) is 4.46. The first-order valence-corrected chi connectivity index (χ1v) is 8.96. The van der Waals surface area contributed by atoms with E-state index in [2.05, 4.69) is 0 Å². The Hall–Kier alpha value is -3.74. The quantitative estimate of drug-likeness (QED) is 0.447. The van der Waals surface area contributed by atoms with Gasteiger partial charge in [-0.25, -0.2) is 4.39 Å². The second-order valence-electron chi connectivity index (χ2n) is 6.56. The van der Waals surface area contributed by atoms with E-state index >= 15 is 4.39 Å². The number of nitro benzene ring substituents is 1. The summed E-state index contributed by atoms with van der Waals surface area (Å²) in [6.07, 6.45) is -0.554. The molecule has 0 aliphatic rings. The van der Waals surface area contributed by atoms with Crippen LogP contribution in [0.1, 0.15) is 16.7 Å². The van der Waals surface area contributed by atoms with E-state index in [0.29, 0.717) is 0 Å². The average molecular weight is 394 g/mol. The van der Waals surface area contributed by atoms with Crippen molar-refractivity contribution in [2.24, 2.45) is 0 Å². The van der Waals surface area contributed by atoms with Crippen LogP contribution in [-0.4, -0.2) is 16.0 Å². The van der Waals surface area contributed by atoms with Gasteiger partial charge in [0.15, 0.2) is 11.5 Å². The van der Waals surface area contributed by atoms with Gasteiger partial charge in [0.2, 0.25) is 0 Å². The van der Waals surface area contributed by atoms with Gasteiger partial charge >= 0.3 is 5.97 Å². The summed E-state index contributed by atoms with van der Waals surface area (Å²) in [4.78, 5) is 23.6. The van der Waals surface area contributed by atoms with Crippen molar-refractivity contribution < 1.29 is 19.2 Å². The number of hydrogen-bond donors (Lipinski definition) is 1. The molecular weight excluding hydrogens is 375 g/mol. The predicted molar refractivity (Wildman–Crippen MR) is 107 cm³/mol. The Morgan fingerprint density at radius 2 is 1.45 bits per heavy atom. The summed E-state index contributed by atoms with van der Waals surface area (Å²) in [5.41, 5.74) is 0.996. The molecule has 0 bridgehead atoms. The van der Waals surface area contributed by atoms with Gasteiger partial charge in [-0.15, -0.1) is 0 Å². The molecule has 0 fully saturated rings. The zero-order valence-corrected chi connectivity index (χ0v) is 15.5. The minimum Gasteiger partial charge on any atom is -0.481 e. The molecule has 3 aromatic carbocycles. The van der Waals surface area contributed by atoms with Gasteiger partial charge in [0, 0.05) is 24.7 Å². The number of hydrogen-bond acceptors (Lipinski definition) is 4. The van der Waals surface area contributed by atoms with Crippen molar-refractivity contribution in [1.29, 1.82) is 0 Å². The molecular formula is C22H19FN2O4. The minimum atomic E-state index is -1.21. The molecule has 0 aliphatic carbocycles. The highest BCUT2D eigenvalue weighted by atomic mass is 19.1. The Kier molecular flexibility index (Phi) is 6.19. The molecule has 3 aromatic rings. The van der Waals surface area contributed by atoms with Crippen molar-refractivity contribution in [3.05, 3.63) is 105 Å². The van der Waals surface area contributed by atoms with Crippen LogP contribution in [0.2, 0.25) is 0 Å². The Morgan fingerprint density at radius 3 is 1.90 bits per heavy atom. The molecule has 3 rings (SSSR count). The summed E-state index contributed by atoms with van der Waals surface area (Å²) in [5, 5.41) is 20.7. The molecule has 148 valence electrons. The smallest absolute Gasteiger partial charge is 0.307 e. The number of halogens is 1. The maximum absolute atomic E-state index is 15.3. The lowest BCUT2D eigenvalue weighted by Gasteiger charge is -2.26. The third kappa shape index (κ3) is 4.95. The Morgan fingerprint density at radius 1 is 0.931 bits per heavy atom. The molecule has 0 saturated carbocycles. The number of nitrogens with zero attached hydrogens (tertiary/aromatic N) is 2. The van der Waals surface area contributed by atoms with Crippen molar-refractivity contribution in [2.75, 3.05) is 4.90 Å². The highest BCUT2D eigenvalue weighted by Crippen LogP contribution is 2.35. The van der Waals surface area contributed by atoms with Crippen molar-refractivity contribution in [3.63, 3.8) is 0 Å². The van der Waals surface area contributed by atoms with Gasteiger partial charge in [-0.1, -0.05) is 60.7 Å². The number of anilines is 1. The maximum atomic E-state index is 15.3. The zero-order valence-electron chi connectivity index (χ0n) is 15.5. The number of aliphatic carboxylic acids is 1. The predicted octanol–water partition coefficient (Wildman–Crippen LogP) is 4.57. The molecule has 0 heterocycles. The van der Waals surface area contributed by atoms with Crippen molar-refractivity contribution >= 4 is 17.3 Å². The fraction of sp³-hybridized carbons (Fsp3) is 0.136. The van der Waals surface area contributed by atoms with Crippen LogP contribution in [0.25, 0.3) is 0 Å². The number of carboxylic acid groups (broad SMARTS) is 1. The molecule has 0 radical (unpaired) electrons. The van der Waals surface area contributed by atoms with Crippen LogP contribution in [0.15, 0.2) is 72.8 Å². The second kappa shape index (κ2) is 8.97. The Labute approximate surface area is 167 Å². The molecule has 29 heavy (non-hydrogen) atoms. The van der Waals surface area contributed by atoms with E-state index in [-0.39, 0.29) is 24.3 Å². The molecule has 0 aliphatic heterocycles. The average Bonchev–Trinajstić information content (AvgIpc) is 2.70.